The highest BCUT2D eigenvalue weighted by Crippen LogP contribution is 2.23. The fourth-order valence-corrected chi connectivity index (χ4v) is 5.16. The van der Waals surface area contributed by atoms with Crippen molar-refractivity contribution in [3.63, 3.8) is 0 Å². The maximum atomic E-state index is 13.5. The Balaban J connectivity index is 1.55. The van der Waals surface area contributed by atoms with Crippen molar-refractivity contribution in [3.05, 3.63) is 107 Å². The molecule has 38 heavy (non-hydrogen) atoms. The number of aryl methyl sites for hydroxylation is 2. The van der Waals surface area contributed by atoms with Gasteiger partial charge in [0.25, 0.3) is 17.8 Å². The summed E-state index contributed by atoms with van der Waals surface area (Å²) in [6, 6.07) is 26.1. The van der Waals surface area contributed by atoms with Crippen molar-refractivity contribution in [2.45, 2.75) is 39.5 Å². The molecule has 0 aromatic heterocycles. The zero-order valence-corrected chi connectivity index (χ0v) is 22.5. The first-order valence-corrected chi connectivity index (χ1v) is 12.9. The highest BCUT2D eigenvalue weighted by Gasteiger charge is 2.53. The second-order valence-electron chi connectivity index (χ2n) is 10.2. The Morgan fingerprint density at radius 2 is 1.42 bits per heavy atom. The summed E-state index contributed by atoms with van der Waals surface area (Å²) in [6.45, 7) is 6.70. The zero-order chi connectivity index (χ0) is 26.8. The first-order valence-electron chi connectivity index (χ1n) is 12.9. The molecule has 0 saturated carbocycles. The van der Waals surface area contributed by atoms with Gasteiger partial charge in [0.15, 0.2) is 0 Å². The van der Waals surface area contributed by atoms with E-state index >= 15 is 0 Å². The Morgan fingerprint density at radius 3 is 2.03 bits per heavy atom. The Kier molecular flexibility index (Phi) is 7.20. The molecule has 2 aliphatic rings. The average Bonchev–Trinajstić information content (AvgIpc) is 3.27. The summed E-state index contributed by atoms with van der Waals surface area (Å²) in [4.78, 5) is 36.2. The van der Waals surface area contributed by atoms with Crippen molar-refractivity contribution in [1.29, 1.82) is 0 Å². The van der Waals surface area contributed by atoms with Crippen molar-refractivity contribution < 1.29 is 14.2 Å². The number of benzene rings is 3. The minimum atomic E-state index is -0.632. The van der Waals surface area contributed by atoms with Crippen LogP contribution in [0.4, 0.5) is 4.79 Å². The molecule has 2 heterocycles. The SMILES string of the molecule is Cc1ccc(C)c(C[N+]2=C(CN(Cc3ccccc3)Cc3ccccc3)N=C3C2C(=O)N(C)C(=O)N3C)c1. The summed E-state index contributed by atoms with van der Waals surface area (Å²) >= 11 is 0. The van der Waals surface area contributed by atoms with Gasteiger partial charge in [-0.1, -0.05) is 84.4 Å². The number of urea groups is 1. The summed E-state index contributed by atoms with van der Waals surface area (Å²) in [5, 5.41) is 0. The van der Waals surface area contributed by atoms with Gasteiger partial charge in [-0.25, -0.2) is 9.37 Å². The van der Waals surface area contributed by atoms with Gasteiger partial charge in [0.05, 0.1) is 0 Å². The second kappa shape index (κ2) is 10.7. The zero-order valence-electron chi connectivity index (χ0n) is 22.5. The lowest BCUT2D eigenvalue weighted by molar-refractivity contribution is -0.552. The molecular formula is C31H34N5O2+. The molecule has 1 atom stereocenters. The van der Waals surface area contributed by atoms with E-state index in [1.165, 1.54) is 26.5 Å². The summed E-state index contributed by atoms with van der Waals surface area (Å²) < 4.78 is 2.09. The Morgan fingerprint density at radius 1 is 0.816 bits per heavy atom. The van der Waals surface area contributed by atoms with E-state index in [4.69, 9.17) is 4.99 Å². The van der Waals surface area contributed by atoms with Gasteiger partial charge < -0.3 is 0 Å². The number of aliphatic imine (C=N–C) groups is 1. The summed E-state index contributed by atoms with van der Waals surface area (Å²) in [5.74, 6) is 1.05. The maximum Gasteiger partial charge on any atom is 0.333 e. The van der Waals surface area contributed by atoms with Crippen LogP contribution >= 0.6 is 0 Å². The van der Waals surface area contributed by atoms with Crippen LogP contribution < -0.4 is 0 Å². The summed E-state index contributed by atoms with van der Waals surface area (Å²) in [7, 11) is 3.24. The number of imide groups is 1. The van der Waals surface area contributed by atoms with Gasteiger partial charge >= 0.3 is 11.9 Å². The molecule has 0 bridgehead atoms. The van der Waals surface area contributed by atoms with Crippen molar-refractivity contribution >= 4 is 23.6 Å². The number of amidine groups is 2. The van der Waals surface area contributed by atoms with Gasteiger partial charge in [0.1, 0.15) is 13.1 Å². The van der Waals surface area contributed by atoms with E-state index in [0.717, 1.165) is 30.1 Å². The second-order valence-corrected chi connectivity index (χ2v) is 10.2. The molecule has 3 aromatic rings. The molecule has 2 aliphatic heterocycles. The smallest absolute Gasteiger partial charge is 0.284 e. The van der Waals surface area contributed by atoms with Crippen LogP contribution in [0.1, 0.15) is 27.8 Å². The average molecular weight is 509 g/mol. The number of likely N-dealkylation sites (N-methyl/N-ethyl adjacent to an activating group) is 2. The maximum absolute atomic E-state index is 13.5. The number of carbonyl (C=O) groups excluding carboxylic acids is 2. The molecular weight excluding hydrogens is 474 g/mol. The molecule has 3 aromatic carbocycles. The van der Waals surface area contributed by atoms with Crippen LogP contribution in [-0.4, -0.2) is 69.6 Å². The predicted octanol–water partition coefficient (Wildman–Crippen LogP) is 4.22. The van der Waals surface area contributed by atoms with Crippen molar-refractivity contribution in [2.24, 2.45) is 4.99 Å². The third kappa shape index (κ3) is 5.15. The van der Waals surface area contributed by atoms with Crippen LogP contribution in [-0.2, 0) is 24.4 Å². The Labute approximate surface area is 224 Å². The van der Waals surface area contributed by atoms with E-state index in [0.29, 0.717) is 18.9 Å². The molecule has 7 heteroatoms. The minimum absolute atomic E-state index is 0.246. The molecule has 1 unspecified atom stereocenters. The van der Waals surface area contributed by atoms with Crippen LogP contribution in [0, 0.1) is 13.8 Å². The first-order chi connectivity index (χ1) is 18.3. The monoisotopic (exact) mass is 508 g/mol. The quantitative estimate of drug-likeness (QED) is 0.428. The number of carbonyl (C=O) groups is 2. The molecule has 0 N–H and O–H groups in total. The Bertz CT molecular complexity index is 1370. The van der Waals surface area contributed by atoms with Crippen LogP contribution in [0.3, 0.4) is 0 Å². The first kappa shape index (κ1) is 25.5. The van der Waals surface area contributed by atoms with Gasteiger partial charge in [-0.15, -0.1) is 0 Å². The largest absolute Gasteiger partial charge is 0.333 e. The van der Waals surface area contributed by atoms with Crippen LogP contribution in [0.15, 0.2) is 83.9 Å². The predicted molar refractivity (Wildman–Crippen MR) is 149 cm³/mol. The third-order valence-corrected chi connectivity index (χ3v) is 7.32. The summed E-state index contributed by atoms with van der Waals surface area (Å²) in [5.41, 5.74) is 5.88. The van der Waals surface area contributed by atoms with Gasteiger partial charge in [0.2, 0.25) is 0 Å². The molecule has 5 rings (SSSR count). The van der Waals surface area contributed by atoms with Crippen LogP contribution in [0.5, 0.6) is 0 Å². The number of hydrogen-bond donors (Lipinski definition) is 0. The van der Waals surface area contributed by atoms with E-state index in [-0.39, 0.29) is 11.9 Å². The normalized spacial score (nSPS) is 17.4. The van der Waals surface area contributed by atoms with Crippen LogP contribution in [0.2, 0.25) is 0 Å². The minimum Gasteiger partial charge on any atom is -0.284 e. The van der Waals surface area contributed by atoms with E-state index in [9.17, 15) is 9.59 Å². The van der Waals surface area contributed by atoms with Gasteiger partial charge in [0, 0.05) is 27.2 Å². The van der Waals surface area contributed by atoms with E-state index in [1.54, 1.807) is 14.1 Å². The molecule has 0 radical (unpaired) electrons. The van der Waals surface area contributed by atoms with E-state index in [2.05, 4.69) is 90.1 Å². The van der Waals surface area contributed by atoms with Crippen LogP contribution in [0.25, 0.3) is 0 Å². The number of hydrogen-bond acceptors (Lipinski definition) is 4. The molecule has 1 saturated heterocycles. The fraction of sp³-hybridized carbons (Fsp3) is 0.290. The fourth-order valence-electron chi connectivity index (χ4n) is 5.16. The van der Waals surface area contributed by atoms with Crippen molar-refractivity contribution in [3.8, 4) is 0 Å². The standard InChI is InChI=1S/C31H34N5O2/c1-22-15-16-23(2)26(17-22)20-36-27(32-29-28(36)30(37)34(4)31(38)33(29)3)21-35(18-24-11-7-5-8-12-24)19-25-13-9-6-10-14-25/h5-17,28H,18-21H2,1-4H3/q+1. The molecule has 0 aliphatic carbocycles. The lowest BCUT2D eigenvalue weighted by atomic mass is 10.0. The lowest BCUT2D eigenvalue weighted by Gasteiger charge is -2.31. The highest BCUT2D eigenvalue weighted by molar-refractivity contribution is 6.23. The number of rotatable bonds is 8. The highest BCUT2D eigenvalue weighted by atomic mass is 16.2. The number of amides is 3. The topological polar surface area (TPSA) is 59.2 Å². The Hall–Kier alpha value is -4.10. The van der Waals surface area contributed by atoms with Gasteiger partial charge in [-0.05, 0) is 41.1 Å². The lowest BCUT2D eigenvalue weighted by Crippen LogP contribution is -2.61. The summed E-state index contributed by atoms with van der Waals surface area (Å²) in [6.07, 6.45) is 0. The number of nitrogens with zero attached hydrogens (tertiary/aromatic N) is 5. The van der Waals surface area contributed by atoms with Gasteiger partial charge in [-0.2, -0.15) is 0 Å². The number of fused-ring (bicyclic) bond motifs is 1. The third-order valence-electron chi connectivity index (χ3n) is 7.32. The van der Waals surface area contributed by atoms with E-state index in [1.807, 2.05) is 12.1 Å². The molecule has 194 valence electrons. The molecule has 1 fully saturated rings. The molecule has 3 amide bonds. The molecule has 0 spiro atoms. The van der Waals surface area contributed by atoms with Crippen molar-refractivity contribution in [1.82, 2.24) is 14.7 Å². The molecule has 7 nitrogen and oxygen atoms in total. The van der Waals surface area contributed by atoms with Crippen molar-refractivity contribution in [2.75, 3.05) is 20.6 Å². The van der Waals surface area contributed by atoms with Gasteiger partial charge in [-0.3, -0.25) is 19.5 Å². The van der Waals surface area contributed by atoms with E-state index < -0.39 is 6.04 Å².